The van der Waals surface area contributed by atoms with E-state index in [1.807, 2.05) is 6.92 Å². The first-order chi connectivity index (χ1) is 8.13. The minimum atomic E-state index is -0.0132. The van der Waals surface area contributed by atoms with Gasteiger partial charge in [-0.3, -0.25) is 0 Å². The molecule has 8 N–H and O–H groups in total. The topological polar surface area (TPSA) is 124 Å². The fraction of sp³-hybridized carbons (Fsp3) is 0.800. The lowest BCUT2D eigenvalue weighted by Gasteiger charge is -2.05. The minimum Gasteiger partial charge on any atom is -0.369 e. The maximum atomic E-state index is 7.28. The predicted molar refractivity (Wildman–Crippen MR) is 71.2 cm³/mol. The summed E-state index contributed by atoms with van der Waals surface area (Å²) in [7, 11) is 0. The molecule has 0 spiro atoms. The van der Waals surface area contributed by atoms with Gasteiger partial charge in [-0.05, 0) is 26.2 Å². The second kappa shape index (κ2) is 11.2. The van der Waals surface area contributed by atoms with Crippen LogP contribution in [0.3, 0.4) is 0 Å². The summed E-state index contributed by atoms with van der Waals surface area (Å²) in [6, 6.07) is 0. The molecule has 0 amide bonds. The number of unbranched alkanes of at least 4 members (excludes halogenated alkanes) is 4. The molecule has 0 heterocycles. The third kappa shape index (κ3) is 14.7. The van der Waals surface area contributed by atoms with Gasteiger partial charge in [0.2, 0.25) is 5.96 Å². The minimum absolute atomic E-state index is 0.0132. The molecule has 0 saturated carbocycles. The molecule has 0 aliphatic rings. The molecule has 0 saturated heterocycles. The van der Waals surface area contributed by atoms with Gasteiger partial charge in [0, 0.05) is 12.3 Å². The molecule has 0 atom stereocenters. The van der Waals surface area contributed by atoms with E-state index >= 15 is 0 Å². The van der Waals surface area contributed by atoms with Crippen LogP contribution < -0.4 is 28.0 Å². The van der Waals surface area contributed by atoms with E-state index in [0.717, 1.165) is 31.5 Å². The Kier molecular flexibility index (Phi) is 10.3. The van der Waals surface area contributed by atoms with Crippen molar-refractivity contribution in [1.82, 2.24) is 16.5 Å². The molecule has 0 aliphatic carbocycles. The van der Waals surface area contributed by atoms with Gasteiger partial charge in [0.05, 0.1) is 0 Å². The summed E-state index contributed by atoms with van der Waals surface area (Å²) in [5, 5.41) is 10.8. The monoisotopic (exact) mass is 243 g/mol. The van der Waals surface area contributed by atoms with Crippen molar-refractivity contribution in [1.29, 1.82) is 5.41 Å². The molecule has 7 heteroatoms. The van der Waals surface area contributed by atoms with E-state index < -0.39 is 0 Å². The fourth-order valence-electron chi connectivity index (χ4n) is 1.33. The number of hydrogen-bond donors (Lipinski definition) is 6. The molecule has 0 aromatic heterocycles. The molecule has 0 unspecified atom stereocenters. The Hall–Kier alpha value is -1.34. The number of nitrogens with zero attached hydrogens (tertiary/aromatic N) is 1. The highest BCUT2D eigenvalue weighted by molar-refractivity contribution is 5.78. The van der Waals surface area contributed by atoms with Gasteiger partial charge in [-0.2, -0.15) is 5.53 Å². The van der Waals surface area contributed by atoms with Crippen molar-refractivity contribution in [3.05, 3.63) is 0 Å². The Bertz CT molecular complexity index is 223. The van der Waals surface area contributed by atoms with Crippen LogP contribution in [-0.2, 0) is 0 Å². The molecule has 0 fully saturated rings. The van der Waals surface area contributed by atoms with Gasteiger partial charge in [-0.15, -0.1) is 5.10 Å². The molecule has 0 aromatic carbocycles. The van der Waals surface area contributed by atoms with E-state index in [2.05, 4.69) is 21.6 Å². The third-order valence-corrected chi connectivity index (χ3v) is 2.18. The van der Waals surface area contributed by atoms with Gasteiger partial charge < -0.3 is 16.9 Å². The van der Waals surface area contributed by atoms with Gasteiger partial charge in [0.1, 0.15) is 0 Å². The third-order valence-electron chi connectivity index (χ3n) is 2.18. The van der Waals surface area contributed by atoms with Crippen LogP contribution in [0.1, 0.15) is 45.4 Å². The highest BCUT2D eigenvalue weighted by Crippen LogP contribution is 2.04. The van der Waals surface area contributed by atoms with E-state index in [1.54, 1.807) is 0 Å². The summed E-state index contributed by atoms with van der Waals surface area (Å²) < 4.78 is 0. The van der Waals surface area contributed by atoms with Crippen LogP contribution in [0.4, 0.5) is 0 Å². The van der Waals surface area contributed by atoms with Crippen molar-refractivity contribution in [2.24, 2.45) is 16.6 Å². The summed E-state index contributed by atoms with van der Waals surface area (Å²) in [6.45, 7) is 2.72. The molecule has 17 heavy (non-hydrogen) atoms. The number of hydrazone groups is 1. The molecular formula is C10H25N7. The fourth-order valence-corrected chi connectivity index (χ4v) is 1.33. The summed E-state index contributed by atoms with van der Waals surface area (Å²) in [4.78, 5) is 0. The predicted octanol–water partition coefficient (Wildman–Crippen LogP) is 0.154. The second-order valence-corrected chi connectivity index (χ2v) is 4.00. The van der Waals surface area contributed by atoms with Crippen molar-refractivity contribution in [3.8, 4) is 0 Å². The summed E-state index contributed by atoms with van der Waals surface area (Å²) >= 11 is 0. The van der Waals surface area contributed by atoms with E-state index in [0.29, 0.717) is 0 Å². The SMILES string of the molecule is CC(=N)CCCCCCCNNNN=C(N)N. The van der Waals surface area contributed by atoms with Gasteiger partial charge >= 0.3 is 0 Å². The summed E-state index contributed by atoms with van der Waals surface area (Å²) in [5.41, 5.74) is 19.0. The van der Waals surface area contributed by atoms with Crippen LogP contribution in [0.5, 0.6) is 0 Å². The molecule has 0 aliphatic heterocycles. The average molecular weight is 243 g/mol. The number of nitrogens with two attached hydrogens (primary N) is 2. The smallest absolute Gasteiger partial charge is 0.210 e. The highest BCUT2D eigenvalue weighted by atomic mass is 15.7. The average Bonchev–Trinajstić information content (AvgIpc) is 2.25. The second-order valence-electron chi connectivity index (χ2n) is 4.00. The van der Waals surface area contributed by atoms with Crippen molar-refractivity contribution in [2.75, 3.05) is 6.54 Å². The zero-order chi connectivity index (χ0) is 12.9. The maximum Gasteiger partial charge on any atom is 0.210 e. The first-order valence-electron chi connectivity index (χ1n) is 5.98. The van der Waals surface area contributed by atoms with Crippen molar-refractivity contribution >= 4 is 11.7 Å². The Morgan fingerprint density at radius 3 is 2.41 bits per heavy atom. The lowest BCUT2D eigenvalue weighted by Crippen LogP contribution is -2.42. The zero-order valence-electron chi connectivity index (χ0n) is 10.6. The molecule has 0 aromatic rings. The number of hydrogen-bond acceptors (Lipinski definition) is 5. The zero-order valence-corrected chi connectivity index (χ0v) is 10.6. The molecule has 0 rings (SSSR count). The lowest BCUT2D eigenvalue weighted by atomic mass is 10.1. The largest absolute Gasteiger partial charge is 0.369 e. The first kappa shape index (κ1) is 15.7. The number of hydrazine groups is 2. The highest BCUT2D eigenvalue weighted by Gasteiger charge is 1.92. The van der Waals surface area contributed by atoms with Crippen LogP contribution >= 0.6 is 0 Å². The lowest BCUT2D eigenvalue weighted by molar-refractivity contribution is 0.433. The van der Waals surface area contributed by atoms with Crippen LogP contribution in [0.2, 0.25) is 0 Å². The molecule has 0 radical (unpaired) electrons. The van der Waals surface area contributed by atoms with Gasteiger partial charge in [-0.1, -0.05) is 19.3 Å². The Balaban J connectivity index is 3.04. The standard InChI is InChI=1S/C10H25N7/c1-9(11)7-5-3-2-4-6-8-14-16-17-15-10(12)13/h11,14,16-17H,2-8H2,1H3,(H4,12,13,15). The van der Waals surface area contributed by atoms with Gasteiger partial charge in [0.15, 0.2) is 0 Å². The van der Waals surface area contributed by atoms with Crippen LogP contribution in [0.25, 0.3) is 0 Å². The molecule has 0 bridgehead atoms. The number of rotatable bonds is 11. The van der Waals surface area contributed by atoms with E-state index in [4.69, 9.17) is 16.9 Å². The maximum absolute atomic E-state index is 7.28. The van der Waals surface area contributed by atoms with Crippen molar-refractivity contribution in [2.45, 2.75) is 45.4 Å². The summed E-state index contributed by atoms with van der Waals surface area (Å²) in [6.07, 6.45) is 6.77. The Labute approximate surface area is 103 Å². The van der Waals surface area contributed by atoms with E-state index in [9.17, 15) is 0 Å². The molecule has 7 nitrogen and oxygen atoms in total. The first-order valence-corrected chi connectivity index (χ1v) is 5.98. The number of nitrogens with one attached hydrogen (secondary N) is 4. The normalized spacial score (nSPS) is 9.94. The quantitative estimate of drug-likeness (QED) is 0.133. The van der Waals surface area contributed by atoms with Gasteiger partial charge in [0.25, 0.3) is 0 Å². The van der Waals surface area contributed by atoms with Crippen molar-refractivity contribution in [3.63, 3.8) is 0 Å². The Morgan fingerprint density at radius 1 is 1.12 bits per heavy atom. The van der Waals surface area contributed by atoms with E-state index in [1.165, 1.54) is 19.3 Å². The molecular weight excluding hydrogens is 218 g/mol. The molecule has 100 valence electrons. The summed E-state index contributed by atoms with van der Waals surface area (Å²) in [5.74, 6) is -0.0132. The van der Waals surface area contributed by atoms with Crippen molar-refractivity contribution < 1.29 is 0 Å². The number of guanidine groups is 1. The Morgan fingerprint density at radius 2 is 1.76 bits per heavy atom. The van der Waals surface area contributed by atoms with Crippen LogP contribution in [-0.4, -0.2) is 18.2 Å². The van der Waals surface area contributed by atoms with Crippen LogP contribution in [0.15, 0.2) is 5.10 Å². The van der Waals surface area contributed by atoms with E-state index in [-0.39, 0.29) is 5.96 Å². The van der Waals surface area contributed by atoms with Crippen LogP contribution in [0, 0.1) is 5.41 Å². The van der Waals surface area contributed by atoms with Gasteiger partial charge in [-0.25, -0.2) is 11.0 Å².